The summed E-state index contributed by atoms with van der Waals surface area (Å²) in [6.07, 6.45) is 6.45. The van der Waals surface area contributed by atoms with E-state index < -0.39 is 11.9 Å². The van der Waals surface area contributed by atoms with E-state index in [2.05, 4.69) is 10.1 Å². The Morgan fingerprint density at radius 3 is 2.91 bits per heavy atom. The molecule has 2 aromatic heterocycles. The number of carbonyl (C=O) groups is 2. The summed E-state index contributed by atoms with van der Waals surface area (Å²) in [6, 6.07) is 0. The molecule has 0 aliphatic carbocycles. The zero-order chi connectivity index (χ0) is 15.7. The van der Waals surface area contributed by atoms with E-state index in [1.807, 2.05) is 13.2 Å². The van der Waals surface area contributed by atoms with Gasteiger partial charge in [-0.05, 0) is 12.8 Å². The van der Waals surface area contributed by atoms with Gasteiger partial charge in [0.25, 0.3) is 5.91 Å². The average molecular weight is 320 g/mol. The lowest BCUT2D eigenvalue weighted by Crippen LogP contribution is -2.42. The van der Waals surface area contributed by atoms with Gasteiger partial charge in [-0.15, -0.1) is 11.3 Å². The molecule has 1 amide bonds. The van der Waals surface area contributed by atoms with Crippen LogP contribution < -0.4 is 0 Å². The largest absolute Gasteiger partial charge is 0.481 e. The predicted molar refractivity (Wildman–Crippen MR) is 80.6 cm³/mol. The minimum absolute atomic E-state index is 0.140. The highest BCUT2D eigenvalue weighted by atomic mass is 32.1. The number of thiazole rings is 1. The van der Waals surface area contributed by atoms with Gasteiger partial charge >= 0.3 is 5.97 Å². The maximum absolute atomic E-state index is 12.5. The fraction of sp³-hybridized carbons (Fsp3) is 0.429. The number of carbonyl (C=O) groups excluding carboxylic acids is 1. The normalized spacial score (nSPS) is 18.4. The second kappa shape index (κ2) is 5.88. The fourth-order valence-corrected chi connectivity index (χ4v) is 3.42. The summed E-state index contributed by atoms with van der Waals surface area (Å²) in [5.41, 5.74) is 0.869. The molecule has 0 aromatic carbocycles. The Kier molecular flexibility index (Phi) is 3.93. The molecule has 0 bridgehead atoms. The van der Waals surface area contributed by atoms with Crippen molar-refractivity contribution in [3.63, 3.8) is 0 Å². The van der Waals surface area contributed by atoms with Gasteiger partial charge in [-0.25, -0.2) is 4.98 Å². The van der Waals surface area contributed by atoms with Gasteiger partial charge in [0.2, 0.25) is 0 Å². The third kappa shape index (κ3) is 2.87. The number of likely N-dealkylation sites (tertiary alicyclic amines) is 1. The van der Waals surface area contributed by atoms with E-state index in [9.17, 15) is 9.59 Å². The van der Waals surface area contributed by atoms with E-state index in [0.29, 0.717) is 17.8 Å². The van der Waals surface area contributed by atoms with E-state index in [4.69, 9.17) is 5.11 Å². The lowest BCUT2D eigenvalue weighted by molar-refractivity contribution is -0.143. The maximum Gasteiger partial charge on any atom is 0.308 e. The maximum atomic E-state index is 12.5. The molecule has 3 rings (SSSR count). The molecule has 116 valence electrons. The Balaban J connectivity index is 1.75. The van der Waals surface area contributed by atoms with Crippen LogP contribution >= 0.6 is 11.3 Å². The molecule has 0 radical (unpaired) electrons. The lowest BCUT2D eigenvalue weighted by atomic mass is 9.98. The third-order valence-electron chi connectivity index (χ3n) is 3.73. The summed E-state index contributed by atoms with van der Waals surface area (Å²) in [5.74, 6) is -1.44. The number of carboxylic acids is 1. The first kappa shape index (κ1) is 14.7. The second-order valence-corrected chi connectivity index (χ2v) is 6.39. The van der Waals surface area contributed by atoms with Crippen molar-refractivity contribution in [2.75, 3.05) is 13.1 Å². The molecule has 1 saturated heterocycles. The van der Waals surface area contributed by atoms with Crippen molar-refractivity contribution in [3.05, 3.63) is 23.5 Å². The van der Waals surface area contributed by atoms with Gasteiger partial charge in [-0.1, -0.05) is 0 Å². The molecule has 0 saturated carbocycles. The van der Waals surface area contributed by atoms with Crippen LogP contribution in [0.5, 0.6) is 0 Å². The molecule has 1 atom stereocenters. The number of piperidine rings is 1. The Bertz CT molecular complexity index is 709. The number of amides is 1. The summed E-state index contributed by atoms with van der Waals surface area (Å²) in [6.45, 7) is 0.872. The highest BCUT2D eigenvalue weighted by Crippen LogP contribution is 2.27. The minimum Gasteiger partial charge on any atom is -0.481 e. The molecule has 0 spiro atoms. The number of aliphatic carboxylic acids is 1. The summed E-state index contributed by atoms with van der Waals surface area (Å²) < 4.78 is 1.68. The first-order chi connectivity index (χ1) is 10.5. The second-order valence-electron chi connectivity index (χ2n) is 5.36. The quantitative estimate of drug-likeness (QED) is 0.925. The van der Waals surface area contributed by atoms with Crippen molar-refractivity contribution in [1.29, 1.82) is 0 Å². The van der Waals surface area contributed by atoms with Gasteiger partial charge in [0, 0.05) is 31.9 Å². The van der Waals surface area contributed by atoms with Crippen LogP contribution in [0.3, 0.4) is 0 Å². The van der Waals surface area contributed by atoms with Gasteiger partial charge in [0.1, 0.15) is 9.88 Å². The molecule has 8 heteroatoms. The summed E-state index contributed by atoms with van der Waals surface area (Å²) in [4.78, 5) is 30.0. The van der Waals surface area contributed by atoms with Crippen LogP contribution in [0.25, 0.3) is 10.6 Å². The monoisotopic (exact) mass is 320 g/mol. The number of aromatic nitrogens is 3. The van der Waals surface area contributed by atoms with Crippen molar-refractivity contribution < 1.29 is 14.7 Å². The number of rotatable bonds is 3. The molecule has 22 heavy (non-hydrogen) atoms. The molecular weight excluding hydrogens is 304 g/mol. The smallest absolute Gasteiger partial charge is 0.308 e. The molecule has 1 fully saturated rings. The molecule has 1 unspecified atom stereocenters. The topological polar surface area (TPSA) is 88.3 Å². The Morgan fingerprint density at radius 1 is 1.41 bits per heavy atom. The Hall–Kier alpha value is -2.22. The van der Waals surface area contributed by atoms with Crippen molar-refractivity contribution in [3.8, 4) is 10.6 Å². The molecule has 1 aliphatic heterocycles. The van der Waals surface area contributed by atoms with Gasteiger partial charge in [0.05, 0.1) is 18.3 Å². The van der Waals surface area contributed by atoms with Crippen LogP contribution in [0.1, 0.15) is 22.5 Å². The Labute approximate surface area is 131 Å². The number of nitrogens with zero attached hydrogens (tertiary/aromatic N) is 4. The van der Waals surface area contributed by atoms with Crippen LogP contribution in [0.4, 0.5) is 0 Å². The van der Waals surface area contributed by atoms with Gasteiger partial charge in [-0.2, -0.15) is 5.10 Å². The SMILES string of the molecule is Cn1cc(-c2ncc(C(=O)N3CCCC(C(=O)O)C3)s2)cn1. The highest BCUT2D eigenvalue weighted by Gasteiger charge is 2.29. The predicted octanol–water partition coefficient (Wildman–Crippen LogP) is 1.48. The van der Waals surface area contributed by atoms with Crippen molar-refractivity contribution in [1.82, 2.24) is 19.7 Å². The van der Waals surface area contributed by atoms with E-state index in [0.717, 1.165) is 17.0 Å². The van der Waals surface area contributed by atoms with Crippen LogP contribution in [0, 0.1) is 5.92 Å². The molecule has 1 aliphatic rings. The van der Waals surface area contributed by atoms with E-state index in [1.165, 1.54) is 11.3 Å². The summed E-state index contributed by atoms with van der Waals surface area (Å²) in [7, 11) is 1.82. The number of hydrogen-bond donors (Lipinski definition) is 1. The number of hydrogen-bond acceptors (Lipinski definition) is 5. The summed E-state index contributed by atoms with van der Waals surface area (Å²) >= 11 is 1.31. The fourth-order valence-electron chi connectivity index (χ4n) is 2.56. The molecular formula is C14H16N4O3S. The molecule has 7 nitrogen and oxygen atoms in total. The van der Waals surface area contributed by atoms with Crippen LogP contribution in [-0.2, 0) is 11.8 Å². The summed E-state index contributed by atoms with van der Waals surface area (Å²) in [5, 5.41) is 13.9. The lowest BCUT2D eigenvalue weighted by Gasteiger charge is -2.30. The van der Waals surface area contributed by atoms with Crippen LogP contribution in [0.2, 0.25) is 0 Å². The van der Waals surface area contributed by atoms with Gasteiger partial charge in [0.15, 0.2) is 0 Å². The minimum atomic E-state index is -0.835. The number of carboxylic acid groups (broad SMARTS) is 1. The van der Waals surface area contributed by atoms with Crippen LogP contribution in [-0.4, -0.2) is 49.7 Å². The molecule has 2 aromatic rings. The number of aryl methyl sites for hydroxylation is 1. The first-order valence-electron chi connectivity index (χ1n) is 7.01. The van der Waals surface area contributed by atoms with Crippen molar-refractivity contribution in [2.24, 2.45) is 13.0 Å². The van der Waals surface area contributed by atoms with E-state index in [1.54, 1.807) is 22.0 Å². The molecule has 3 heterocycles. The zero-order valence-electron chi connectivity index (χ0n) is 12.1. The third-order valence-corrected chi connectivity index (χ3v) is 4.76. The van der Waals surface area contributed by atoms with Crippen LogP contribution in [0.15, 0.2) is 18.6 Å². The average Bonchev–Trinajstić information content (AvgIpc) is 3.15. The first-order valence-corrected chi connectivity index (χ1v) is 7.83. The molecule has 1 N–H and O–H groups in total. The standard InChI is InChI=1S/C14H16N4O3S/c1-17-7-10(5-16-17)12-15-6-11(22-12)13(19)18-4-2-3-9(8-18)14(20)21/h5-7,9H,2-4,8H2,1H3,(H,20,21). The van der Waals surface area contributed by atoms with E-state index >= 15 is 0 Å². The highest BCUT2D eigenvalue weighted by molar-refractivity contribution is 7.16. The Morgan fingerprint density at radius 2 is 2.23 bits per heavy atom. The van der Waals surface area contributed by atoms with Crippen molar-refractivity contribution >= 4 is 23.2 Å². The van der Waals surface area contributed by atoms with Crippen molar-refractivity contribution in [2.45, 2.75) is 12.8 Å². The van der Waals surface area contributed by atoms with Gasteiger partial charge < -0.3 is 10.0 Å². The van der Waals surface area contributed by atoms with Gasteiger partial charge in [-0.3, -0.25) is 14.3 Å². The zero-order valence-corrected chi connectivity index (χ0v) is 12.9. The van der Waals surface area contributed by atoms with E-state index in [-0.39, 0.29) is 12.5 Å².